The van der Waals surface area contributed by atoms with Gasteiger partial charge in [-0.25, -0.2) is 8.42 Å². The summed E-state index contributed by atoms with van der Waals surface area (Å²) in [6.07, 6.45) is -0.582. The van der Waals surface area contributed by atoms with Gasteiger partial charge in [-0.05, 0) is 61.3 Å². The standard InChI is InChI=1S/C19H23F3N2O3S/c1-13-10-18(6-2-7-18)12-24(13)28(26,27)16-4-3-14-5-8-23(11-15(14)9-16)17(25)19(20,21)22/h3-4,9,13H,2,5-8,10-12H2,1H3. The first kappa shape index (κ1) is 19.7. The molecular weight excluding hydrogens is 393 g/mol. The highest BCUT2D eigenvalue weighted by Crippen LogP contribution is 2.51. The highest BCUT2D eigenvalue weighted by atomic mass is 32.2. The fourth-order valence-electron chi connectivity index (χ4n) is 4.82. The Kier molecular flexibility index (Phi) is 4.54. The molecule has 9 heteroatoms. The van der Waals surface area contributed by atoms with E-state index in [1.165, 1.54) is 16.4 Å². The SMILES string of the molecule is CC1CC2(CCC2)CN1S(=O)(=O)c1ccc2c(c1)CN(C(=O)C(F)(F)F)CC2. The van der Waals surface area contributed by atoms with Gasteiger partial charge in [0.1, 0.15) is 0 Å². The number of alkyl halides is 3. The van der Waals surface area contributed by atoms with Crippen LogP contribution in [0.15, 0.2) is 23.1 Å². The Labute approximate surface area is 162 Å². The van der Waals surface area contributed by atoms with Crippen molar-refractivity contribution in [1.82, 2.24) is 9.21 Å². The molecule has 154 valence electrons. The fourth-order valence-corrected chi connectivity index (χ4v) is 6.62. The smallest absolute Gasteiger partial charge is 0.330 e. The number of sulfonamides is 1. The van der Waals surface area contributed by atoms with Crippen LogP contribution in [0.1, 0.15) is 43.7 Å². The van der Waals surface area contributed by atoms with Crippen LogP contribution in [0.2, 0.25) is 0 Å². The average Bonchev–Trinajstić information content (AvgIpc) is 2.98. The molecule has 1 atom stereocenters. The molecule has 0 bridgehead atoms. The van der Waals surface area contributed by atoms with Crippen molar-refractivity contribution in [2.75, 3.05) is 13.1 Å². The van der Waals surface area contributed by atoms with Gasteiger partial charge in [0.25, 0.3) is 0 Å². The Morgan fingerprint density at radius 2 is 1.93 bits per heavy atom. The van der Waals surface area contributed by atoms with Gasteiger partial charge >= 0.3 is 12.1 Å². The molecule has 1 aliphatic carbocycles. The lowest BCUT2D eigenvalue weighted by Crippen LogP contribution is -2.43. The van der Waals surface area contributed by atoms with Crippen LogP contribution in [-0.2, 0) is 27.8 Å². The van der Waals surface area contributed by atoms with E-state index < -0.39 is 22.1 Å². The fraction of sp³-hybridized carbons (Fsp3) is 0.632. The van der Waals surface area contributed by atoms with E-state index in [1.54, 1.807) is 6.07 Å². The first-order chi connectivity index (χ1) is 13.0. The summed E-state index contributed by atoms with van der Waals surface area (Å²) in [6, 6.07) is 4.55. The van der Waals surface area contributed by atoms with Gasteiger partial charge in [-0.2, -0.15) is 17.5 Å². The normalized spacial score (nSPS) is 24.9. The zero-order valence-electron chi connectivity index (χ0n) is 15.6. The number of carbonyl (C=O) groups is 1. The van der Waals surface area contributed by atoms with Crippen LogP contribution in [0.25, 0.3) is 0 Å². The van der Waals surface area contributed by atoms with E-state index in [0.29, 0.717) is 12.1 Å². The van der Waals surface area contributed by atoms with Crippen LogP contribution in [0.3, 0.4) is 0 Å². The molecule has 3 aliphatic rings. The maximum Gasteiger partial charge on any atom is 0.471 e. The number of amides is 1. The molecule has 2 aliphatic heterocycles. The average molecular weight is 416 g/mol. The summed E-state index contributed by atoms with van der Waals surface area (Å²) in [7, 11) is -3.73. The van der Waals surface area contributed by atoms with Crippen molar-refractivity contribution in [3.8, 4) is 0 Å². The number of rotatable bonds is 2. The molecule has 2 fully saturated rings. The van der Waals surface area contributed by atoms with Gasteiger partial charge in [-0.15, -0.1) is 0 Å². The van der Waals surface area contributed by atoms with Gasteiger partial charge < -0.3 is 4.90 Å². The molecule has 28 heavy (non-hydrogen) atoms. The molecule has 1 amide bonds. The van der Waals surface area contributed by atoms with Gasteiger partial charge in [0.15, 0.2) is 0 Å². The third-order valence-electron chi connectivity index (χ3n) is 6.45. The Morgan fingerprint density at radius 3 is 2.50 bits per heavy atom. The third kappa shape index (κ3) is 3.22. The number of fused-ring (bicyclic) bond motifs is 1. The molecule has 0 N–H and O–H groups in total. The largest absolute Gasteiger partial charge is 0.471 e. The van der Waals surface area contributed by atoms with Crippen molar-refractivity contribution in [3.63, 3.8) is 0 Å². The molecule has 0 radical (unpaired) electrons. The second-order valence-electron chi connectivity index (χ2n) is 8.36. The van der Waals surface area contributed by atoms with Crippen LogP contribution < -0.4 is 0 Å². The molecule has 0 aromatic heterocycles. The minimum absolute atomic E-state index is 0.0247. The molecule has 5 nitrogen and oxygen atoms in total. The summed E-state index contributed by atoms with van der Waals surface area (Å²) in [5.74, 6) is -1.88. The molecule has 4 rings (SSSR count). The molecular formula is C19H23F3N2O3S. The Balaban J connectivity index is 1.60. The maximum absolute atomic E-state index is 13.2. The number of hydrogen-bond acceptors (Lipinski definition) is 3. The number of carbonyl (C=O) groups excluding carboxylic acids is 1. The van der Waals surface area contributed by atoms with Crippen LogP contribution in [0, 0.1) is 5.41 Å². The van der Waals surface area contributed by atoms with E-state index in [2.05, 4.69) is 0 Å². The lowest BCUT2D eigenvalue weighted by Gasteiger charge is -2.38. The first-order valence-corrected chi connectivity index (χ1v) is 11.0. The van der Waals surface area contributed by atoms with Crippen LogP contribution in [0.4, 0.5) is 13.2 Å². The molecule has 2 heterocycles. The van der Waals surface area contributed by atoms with E-state index >= 15 is 0 Å². The maximum atomic E-state index is 13.2. The molecule has 1 saturated carbocycles. The molecule has 1 spiro atoms. The zero-order valence-corrected chi connectivity index (χ0v) is 16.4. The van der Waals surface area contributed by atoms with Crippen LogP contribution >= 0.6 is 0 Å². The van der Waals surface area contributed by atoms with Crippen LogP contribution in [-0.4, -0.2) is 48.8 Å². The van der Waals surface area contributed by atoms with Gasteiger partial charge in [-0.3, -0.25) is 4.79 Å². The Bertz CT molecular complexity index is 909. The van der Waals surface area contributed by atoms with Gasteiger partial charge in [-0.1, -0.05) is 12.5 Å². The van der Waals surface area contributed by atoms with E-state index in [1.807, 2.05) is 6.92 Å². The number of halogens is 3. The number of nitrogens with zero attached hydrogens (tertiary/aromatic N) is 2. The second kappa shape index (κ2) is 6.45. The minimum atomic E-state index is -4.93. The summed E-state index contributed by atoms with van der Waals surface area (Å²) in [5.41, 5.74) is 1.35. The predicted octanol–water partition coefficient (Wildman–Crippen LogP) is 3.09. The topological polar surface area (TPSA) is 57.7 Å². The van der Waals surface area contributed by atoms with Gasteiger partial charge in [0, 0.05) is 25.7 Å². The summed E-state index contributed by atoms with van der Waals surface area (Å²) in [5, 5.41) is 0. The van der Waals surface area contributed by atoms with Crippen molar-refractivity contribution in [1.29, 1.82) is 0 Å². The molecule has 1 saturated heterocycles. The Hall–Kier alpha value is -1.61. The van der Waals surface area contributed by atoms with E-state index in [-0.39, 0.29) is 35.9 Å². The van der Waals surface area contributed by atoms with E-state index in [9.17, 15) is 26.4 Å². The monoisotopic (exact) mass is 416 g/mol. The van der Waals surface area contributed by atoms with Gasteiger partial charge in [0.2, 0.25) is 10.0 Å². The highest BCUT2D eigenvalue weighted by molar-refractivity contribution is 7.89. The van der Waals surface area contributed by atoms with Crippen molar-refractivity contribution < 1.29 is 26.4 Å². The van der Waals surface area contributed by atoms with Crippen molar-refractivity contribution >= 4 is 15.9 Å². The van der Waals surface area contributed by atoms with E-state index in [4.69, 9.17) is 0 Å². The number of hydrogen-bond donors (Lipinski definition) is 0. The van der Waals surface area contributed by atoms with Crippen molar-refractivity contribution in [2.45, 2.75) is 62.7 Å². The first-order valence-electron chi connectivity index (χ1n) is 9.52. The molecule has 1 aromatic rings. The van der Waals surface area contributed by atoms with Gasteiger partial charge in [0.05, 0.1) is 4.90 Å². The third-order valence-corrected chi connectivity index (χ3v) is 8.41. The summed E-state index contributed by atoms with van der Waals surface area (Å²) < 4.78 is 66.2. The molecule has 1 aromatic carbocycles. The number of benzene rings is 1. The lowest BCUT2D eigenvalue weighted by molar-refractivity contribution is -0.186. The highest BCUT2D eigenvalue weighted by Gasteiger charge is 2.50. The Morgan fingerprint density at radius 1 is 1.21 bits per heavy atom. The lowest BCUT2D eigenvalue weighted by atomic mass is 9.68. The zero-order chi connectivity index (χ0) is 20.3. The van der Waals surface area contributed by atoms with E-state index in [0.717, 1.165) is 36.1 Å². The molecule has 1 unspecified atom stereocenters. The van der Waals surface area contributed by atoms with Crippen molar-refractivity contribution in [2.24, 2.45) is 5.41 Å². The van der Waals surface area contributed by atoms with Crippen LogP contribution in [0.5, 0.6) is 0 Å². The second-order valence-corrected chi connectivity index (χ2v) is 10.3. The summed E-state index contributed by atoms with van der Waals surface area (Å²) in [6.45, 7) is 2.17. The summed E-state index contributed by atoms with van der Waals surface area (Å²) in [4.78, 5) is 12.4. The quantitative estimate of drug-likeness (QED) is 0.745. The predicted molar refractivity (Wildman–Crippen MR) is 95.9 cm³/mol. The summed E-state index contributed by atoms with van der Waals surface area (Å²) >= 11 is 0. The minimum Gasteiger partial charge on any atom is -0.330 e. The van der Waals surface area contributed by atoms with Crippen molar-refractivity contribution in [3.05, 3.63) is 29.3 Å².